The number of allylic oxidation sites excluding steroid dienone is 10. The summed E-state index contributed by atoms with van der Waals surface area (Å²) in [6.45, 7) is 8.52. The maximum atomic E-state index is 11.7. The molecule has 0 atom stereocenters. The number of hydrogen-bond donors (Lipinski definition) is 0. The summed E-state index contributed by atoms with van der Waals surface area (Å²) in [7, 11) is 0. The number of carbonyl (C=O) groups is 1. The molecule has 2 heteroatoms. The molecule has 0 N–H and O–H groups in total. The fraction of sp³-hybridized carbons (Fsp3) is 0.250. The maximum absolute atomic E-state index is 11.7. The summed E-state index contributed by atoms with van der Waals surface area (Å²) in [6.07, 6.45) is 16.1. The van der Waals surface area contributed by atoms with Crippen LogP contribution in [0.15, 0.2) is 69.9 Å². The van der Waals surface area contributed by atoms with Crippen LogP contribution in [0, 0.1) is 12.8 Å². The lowest BCUT2D eigenvalue weighted by Gasteiger charge is -2.26. The molecule has 0 aromatic carbocycles. The fourth-order valence-corrected chi connectivity index (χ4v) is 2.31. The Kier molecular flexibility index (Phi) is 5.16. The lowest BCUT2D eigenvalue weighted by atomic mass is 9.90. The first-order chi connectivity index (χ1) is 10.5. The summed E-state index contributed by atoms with van der Waals surface area (Å²) >= 11 is 0. The number of esters is 1. The molecule has 0 radical (unpaired) electrons. The molecule has 2 nitrogen and oxygen atoms in total. The van der Waals surface area contributed by atoms with E-state index in [9.17, 15) is 4.79 Å². The molecular weight excluding hydrogens is 272 g/mol. The predicted molar refractivity (Wildman–Crippen MR) is 90.8 cm³/mol. The van der Waals surface area contributed by atoms with E-state index >= 15 is 0 Å². The lowest BCUT2D eigenvalue weighted by molar-refractivity contribution is -0.138. The van der Waals surface area contributed by atoms with Crippen molar-refractivity contribution in [1.82, 2.24) is 0 Å². The summed E-state index contributed by atoms with van der Waals surface area (Å²) in [6, 6.07) is 0. The second-order valence-electron chi connectivity index (χ2n) is 5.41. The molecule has 0 aromatic heterocycles. The third-order valence-electron chi connectivity index (χ3n) is 3.88. The van der Waals surface area contributed by atoms with E-state index in [1.165, 1.54) is 22.3 Å². The summed E-state index contributed by atoms with van der Waals surface area (Å²) in [5.41, 5.74) is 6.63. The Balaban J connectivity index is 2.17. The average Bonchev–Trinajstić information content (AvgIpc) is 2.54. The van der Waals surface area contributed by atoms with Gasteiger partial charge in [0.25, 0.3) is 5.97 Å². The Labute approximate surface area is 133 Å². The summed E-state index contributed by atoms with van der Waals surface area (Å²) in [4.78, 5) is 11.7. The maximum Gasteiger partial charge on any atom is 0.295 e. The molecule has 0 spiro atoms. The minimum Gasteiger partial charge on any atom is -0.469 e. The molecule has 0 amide bonds. The van der Waals surface area contributed by atoms with Crippen molar-refractivity contribution in [3.8, 4) is 0 Å². The first kappa shape index (κ1) is 16.0. The van der Waals surface area contributed by atoms with E-state index in [1.807, 2.05) is 31.6 Å². The van der Waals surface area contributed by atoms with Crippen molar-refractivity contribution in [2.45, 2.75) is 27.7 Å². The Hall–Kier alpha value is -2.35. The van der Waals surface area contributed by atoms with E-state index in [2.05, 4.69) is 45.4 Å². The molecule has 0 saturated carbocycles. The Morgan fingerprint density at radius 1 is 1.00 bits per heavy atom. The zero-order valence-corrected chi connectivity index (χ0v) is 13.6. The summed E-state index contributed by atoms with van der Waals surface area (Å²) in [5, 5.41) is 0. The minimum absolute atomic E-state index is 0.272. The van der Waals surface area contributed by atoms with Gasteiger partial charge >= 0.3 is 0 Å². The zero-order chi connectivity index (χ0) is 16.1. The molecule has 2 rings (SSSR count). The van der Waals surface area contributed by atoms with Gasteiger partial charge in [-0.1, -0.05) is 20.8 Å². The first-order valence-corrected chi connectivity index (χ1v) is 7.55. The quantitative estimate of drug-likeness (QED) is 0.561. The smallest absolute Gasteiger partial charge is 0.295 e. The Morgan fingerprint density at radius 2 is 1.59 bits per heavy atom. The molecule has 0 unspecified atom stereocenters. The lowest BCUT2D eigenvalue weighted by Crippen LogP contribution is -2.08. The number of carbonyl (C=O) groups excluding carboxylic acids is 1. The number of ether oxygens (including phenoxy) is 1. The zero-order valence-electron chi connectivity index (χ0n) is 13.6. The van der Waals surface area contributed by atoms with Gasteiger partial charge in [0.15, 0.2) is 0 Å². The van der Waals surface area contributed by atoms with Gasteiger partial charge in [-0.05, 0) is 12.5 Å². The van der Waals surface area contributed by atoms with Crippen LogP contribution < -0.4 is 0 Å². The second-order valence-corrected chi connectivity index (χ2v) is 5.41. The molecule has 0 aromatic rings. The average molecular weight is 294 g/mol. The van der Waals surface area contributed by atoms with Crippen LogP contribution in [0.5, 0.6) is 0 Å². The predicted octanol–water partition coefficient (Wildman–Crippen LogP) is 4.60. The van der Waals surface area contributed by atoms with Gasteiger partial charge in [-0.25, -0.2) is 0 Å². The molecule has 116 valence electrons. The molecule has 0 aliphatic heterocycles. The summed E-state index contributed by atoms with van der Waals surface area (Å²) in [5.74, 6) is -0.272. The third kappa shape index (κ3) is 3.64. The van der Waals surface area contributed by atoms with Gasteiger partial charge in [0.05, 0.1) is 6.61 Å². The van der Waals surface area contributed by atoms with Crippen molar-refractivity contribution < 1.29 is 9.53 Å². The highest BCUT2D eigenvalue weighted by Crippen LogP contribution is 2.27. The molecule has 0 fully saturated rings. The van der Waals surface area contributed by atoms with Gasteiger partial charge in [0.1, 0.15) is 0 Å². The minimum atomic E-state index is -0.272. The van der Waals surface area contributed by atoms with Crippen LogP contribution in [0.3, 0.4) is 0 Å². The molecule has 2 aliphatic rings. The third-order valence-corrected chi connectivity index (χ3v) is 3.88. The summed E-state index contributed by atoms with van der Waals surface area (Å²) < 4.78 is 5.01. The normalized spacial score (nSPS) is 21.3. The van der Waals surface area contributed by atoms with Crippen molar-refractivity contribution in [2.24, 2.45) is 0 Å². The van der Waals surface area contributed by atoms with Crippen LogP contribution in [0.2, 0.25) is 0 Å². The van der Waals surface area contributed by atoms with Crippen molar-refractivity contribution in [1.29, 1.82) is 0 Å². The monoisotopic (exact) mass is 294 g/mol. The van der Waals surface area contributed by atoms with E-state index in [0.29, 0.717) is 12.2 Å². The van der Waals surface area contributed by atoms with Crippen LogP contribution >= 0.6 is 0 Å². The molecule has 2 aliphatic carbocycles. The Morgan fingerprint density at radius 3 is 2.05 bits per heavy atom. The highest BCUT2D eigenvalue weighted by molar-refractivity contribution is 5.92. The van der Waals surface area contributed by atoms with Crippen LogP contribution in [0.25, 0.3) is 0 Å². The molecule has 0 heterocycles. The number of hydrogen-bond acceptors (Lipinski definition) is 2. The molecule has 0 saturated heterocycles. The van der Waals surface area contributed by atoms with Crippen LogP contribution in [-0.2, 0) is 9.53 Å². The Bertz CT molecular complexity index is 649. The van der Waals surface area contributed by atoms with Crippen LogP contribution in [0.4, 0.5) is 0 Å². The van der Waals surface area contributed by atoms with E-state index in [0.717, 1.165) is 5.57 Å². The van der Waals surface area contributed by atoms with Crippen molar-refractivity contribution in [3.05, 3.63) is 82.7 Å². The van der Waals surface area contributed by atoms with Crippen LogP contribution in [-0.4, -0.2) is 12.6 Å². The van der Waals surface area contributed by atoms with Gasteiger partial charge in [0.2, 0.25) is 0 Å². The largest absolute Gasteiger partial charge is 0.469 e. The molecule has 0 bridgehead atoms. The van der Waals surface area contributed by atoms with Crippen molar-refractivity contribution >= 4 is 5.97 Å². The van der Waals surface area contributed by atoms with E-state index < -0.39 is 0 Å². The standard InChI is InChI=1S/C20H22O2/c1-5-22-20(21)19-12-10-18(11-13-19)16(4)15(3)17-8-6-14(2)7-9-17/h6-13H,5H2,1-4H3/q-2. The van der Waals surface area contributed by atoms with Gasteiger partial charge < -0.3 is 4.74 Å². The van der Waals surface area contributed by atoms with Gasteiger partial charge in [-0.3, -0.25) is 4.79 Å². The molecule has 22 heavy (non-hydrogen) atoms. The van der Waals surface area contributed by atoms with E-state index in [4.69, 9.17) is 4.74 Å². The number of rotatable bonds is 3. The highest BCUT2D eigenvalue weighted by Gasteiger charge is 2.05. The van der Waals surface area contributed by atoms with Gasteiger partial charge in [-0.15, -0.1) is 54.9 Å². The second kappa shape index (κ2) is 7.08. The van der Waals surface area contributed by atoms with E-state index in [-0.39, 0.29) is 5.97 Å². The van der Waals surface area contributed by atoms with Crippen molar-refractivity contribution in [3.63, 3.8) is 0 Å². The van der Waals surface area contributed by atoms with Gasteiger partial charge in [0, 0.05) is 0 Å². The first-order valence-electron chi connectivity index (χ1n) is 7.55. The highest BCUT2D eigenvalue weighted by atomic mass is 16.5. The topological polar surface area (TPSA) is 26.3 Å². The SMILES string of the molecule is CCOC(=O)C1=C[CH-]C(=C(C)C(C)=C2C=CC(C)=C[CH-]2)C=C1. The van der Waals surface area contributed by atoms with E-state index in [1.54, 1.807) is 0 Å². The van der Waals surface area contributed by atoms with Crippen LogP contribution in [0.1, 0.15) is 27.7 Å². The van der Waals surface area contributed by atoms with Gasteiger partial charge in [-0.2, -0.15) is 22.3 Å². The fourth-order valence-electron chi connectivity index (χ4n) is 2.31. The van der Waals surface area contributed by atoms with Crippen molar-refractivity contribution in [2.75, 3.05) is 6.61 Å². The molecular formula is C20H22O2-2.